The highest BCUT2D eigenvalue weighted by molar-refractivity contribution is 6.30. The number of fused-ring (bicyclic) bond motifs is 2. The van der Waals surface area contributed by atoms with E-state index in [2.05, 4.69) is 22.1 Å². The van der Waals surface area contributed by atoms with Crippen LogP contribution in [-0.4, -0.2) is 42.4 Å². The first-order valence-electron chi connectivity index (χ1n) is 13.2. The number of carbonyl (C=O) groups is 2. The Bertz CT molecular complexity index is 1730. The second kappa shape index (κ2) is 10.7. The van der Waals surface area contributed by atoms with E-state index in [1.807, 2.05) is 61.2 Å². The smallest absolute Gasteiger partial charge is 0.255 e. The van der Waals surface area contributed by atoms with Gasteiger partial charge in [0, 0.05) is 72.6 Å². The Morgan fingerprint density at radius 3 is 2.62 bits per heavy atom. The Balaban J connectivity index is 1.35. The van der Waals surface area contributed by atoms with Crippen molar-refractivity contribution in [2.45, 2.75) is 38.8 Å². The van der Waals surface area contributed by atoms with Gasteiger partial charge in [0.1, 0.15) is 0 Å². The lowest BCUT2D eigenvalue weighted by Gasteiger charge is -2.29. The van der Waals surface area contributed by atoms with Gasteiger partial charge in [-0.1, -0.05) is 35.9 Å². The largest absolute Gasteiger partial charge is 0.324 e. The van der Waals surface area contributed by atoms with Crippen molar-refractivity contribution in [2.75, 3.05) is 0 Å². The van der Waals surface area contributed by atoms with E-state index in [0.717, 1.165) is 39.1 Å². The Hall–Kier alpha value is -4.36. The van der Waals surface area contributed by atoms with E-state index in [4.69, 9.17) is 16.7 Å². The molecule has 0 saturated heterocycles. The van der Waals surface area contributed by atoms with Gasteiger partial charge in [-0.15, -0.1) is 0 Å². The summed E-state index contributed by atoms with van der Waals surface area (Å²) < 4.78 is 1.86. The number of pyridine rings is 2. The number of ketones is 1. The standard InChI is InChI=1S/C32H28ClN5O2/c1-20-6-9-25(35-18-20)16-28-27-10-7-21(13-29(27)37(2)36-28)19-38-30(17-24-5-3-4-12-34-24)31(39)15-22-14-23(33)8-11-26(22)32(38)40/h3-14,18,30H,15-17,19H2,1-2H3/t30-/m1/s1. The van der Waals surface area contributed by atoms with Gasteiger partial charge >= 0.3 is 0 Å². The molecule has 1 aliphatic rings. The summed E-state index contributed by atoms with van der Waals surface area (Å²) in [5, 5.41) is 6.31. The van der Waals surface area contributed by atoms with Gasteiger partial charge in [0.05, 0.1) is 17.3 Å². The quantitative estimate of drug-likeness (QED) is 0.287. The van der Waals surface area contributed by atoms with Gasteiger partial charge < -0.3 is 4.90 Å². The maximum absolute atomic E-state index is 13.9. The minimum Gasteiger partial charge on any atom is -0.324 e. The number of aryl methyl sites for hydroxylation is 2. The first kappa shape index (κ1) is 25.9. The van der Waals surface area contributed by atoms with Crippen LogP contribution in [0.4, 0.5) is 0 Å². The number of hydrogen-bond donors (Lipinski definition) is 0. The monoisotopic (exact) mass is 549 g/mol. The number of Topliss-reactive ketones (excluding diaryl/α,β-unsaturated/α-hetero) is 1. The van der Waals surface area contributed by atoms with Crippen molar-refractivity contribution < 1.29 is 9.59 Å². The molecule has 40 heavy (non-hydrogen) atoms. The second-order valence-corrected chi connectivity index (χ2v) is 10.8. The zero-order valence-electron chi connectivity index (χ0n) is 22.3. The lowest BCUT2D eigenvalue weighted by molar-refractivity contribution is -0.122. The fourth-order valence-electron chi connectivity index (χ4n) is 5.39. The number of halogens is 1. The molecule has 0 bridgehead atoms. The third-order valence-electron chi connectivity index (χ3n) is 7.47. The van der Waals surface area contributed by atoms with E-state index in [-0.39, 0.29) is 24.7 Å². The van der Waals surface area contributed by atoms with Crippen LogP contribution in [0.5, 0.6) is 0 Å². The summed E-state index contributed by atoms with van der Waals surface area (Å²) in [4.78, 5) is 38.2. The molecule has 7 nitrogen and oxygen atoms in total. The average molecular weight is 550 g/mol. The molecule has 0 unspecified atom stereocenters. The molecular weight excluding hydrogens is 522 g/mol. The summed E-state index contributed by atoms with van der Waals surface area (Å²) in [5.41, 5.74) is 6.83. The summed E-state index contributed by atoms with van der Waals surface area (Å²) >= 11 is 6.23. The van der Waals surface area contributed by atoms with E-state index < -0.39 is 6.04 Å². The predicted molar refractivity (Wildman–Crippen MR) is 154 cm³/mol. The van der Waals surface area contributed by atoms with Crippen LogP contribution >= 0.6 is 11.6 Å². The number of carbonyl (C=O) groups excluding carboxylic acids is 2. The molecule has 1 atom stereocenters. The van der Waals surface area contributed by atoms with E-state index in [1.165, 1.54) is 0 Å². The molecule has 8 heteroatoms. The van der Waals surface area contributed by atoms with E-state index in [9.17, 15) is 9.59 Å². The fourth-order valence-corrected chi connectivity index (χ4v) is 5.59. The third-order valence-corrected chi connectivity index (χ3v) is 7.70. The van der Waals surface area contributed by atoms with Crippen molar-refractivity contribution in [1.29, 1.82) is 0 Å². The number of rotatable bonds is 6. The fraction of sp³-hybridized carbons (Fsp3) is 0.219. The molecule has 1 aliphatic heterocycles. The van der Waals surface area contributed by atoms with Crippen LogP contribution in [0.2, 0.25) is 5.02 Å². The summed E-state index contributed by atoms with van der Waals surface area (Å²) in [6, 6.07) is 20.3. The molecule has 5 aromatic rings. The number of hydrogen-bond acceptors (Lipinski definition) is 5. The Kier molecular flexibility index (Phi) is 6.90. The van der Waals surface area contributed by atoms with E-state index in [1.54, 1.807) is 29.3 Å². The summed E-state index contributed by atoms with van der Waals surface area (Å²) in [7, 11) is 1.92. The minimum absolute atomic E-state index is 0.0329. The van der Waals surface area contributed by atoms with Crippen molar-refractivity contribution in [3.05, 3.63) is 123 Å². The Morgan fingerprint density at radius 1 is 0.975 bits per heavy atom. The third kappa shape index (κ3) is 5.12. The zero-order valence-corrected chi connectivity index (χ0v) is 23.1. The molecule has 0 N–H and O–H groups in total. The van der Waals surface area contributed by atoms with Crippen LogP contribution in [0.15, 0.2) is 79.1 Å². The normalized spacial score (nSPS) is 15.4. The highest BCUT2D eigenvalue weighted by Gasteiger charge is 2.35. The molecule has 0 radical (unpaired) electrons. The predicted octanol–water partition coefficient (Wildman–Crippen LogP) is 5.29. The van der Waals surface area contributed by atoms with Crippen LogP contribution < -0.4 is 0 Å². The number of benzene rings is 2. The van der Waals surface area contributed by atoms with Gasteiger partial charge in [-0.3, -0.25) is 24.2 Å². The van der Waals surface area contributed by atoms with E-state index >= 15 is 0 Å². The molecule has 0 fully saturated rings. The topological polar surface area (TPSA) is 81.0 Å². The molecule has 0 aliphatic carbocycles. The van der Waals surface area contributed by atoms with Crippen molar-refractivity contribution in [2.24, 2.45) is 7.05 Å². The van der Waals surface area contributed by atoms with Crippen molar-refractivity contribution >= 4 is 34.2 Å². The van der Waals surface area contributed by atoms with Crippen molar-refractivity contribution in [1.82, 2.24) is 24.6 Å². The first-order chi connectivity index (χ1) is 19.4. The van der Waals surface area contributed by atoms with Gasteiger partial charge in [0.2, 0.25) is 0 Å². The number of aromatic nitrogens is 4. The number of nitrogens with zero attached hydrogens (tertiary/aromatic N) is 5. The summed E-state index contributed by atoms with van der Waals surface area (Å²) in [6.45, 7) is 2.30. The van der Waals surface area contributed by atoms with Crippen LogP contribution in [0.25, 0.3) is 10.9 Å². The van der Waals surface area contributed by atoms with Gasteiger partial charge in [-0.25, -0.2) is 0 Å². The maximum Gasteiger partial charge on any atom is 0.255 e. The lowest BCUT2D eigenvalue weighted by Crippen LogP contribution is -2.44. The molecule has 4 heterocycles. The molecule has 0 spiro atoms. The van der Waals surface area contributed by atoms with E-state index in [0.29, 0.717) is 29.0 Å². The molecule has 0 saturated carbocycles. The lowest BCUT2D eigenvalue weighted by atomic mass is 9.99. The molecule has 1 amide bonds. The molecular formula is C32H28ClN5O2. The van der Waals surface area contributed by atoms with Gasteiger partial charge in [-0.05, 0) is 66.1 Å². The van der Waals surface area contributed by atoms with Crippen LogP contribution in [0, 0.1) is 6.92 Å². The van der Waals surface area contributed by atoms with Crippen molar-refractivity contribution in [3.8, 4) is 0 Å². The highest BCUT2D eigenvalue weighted by Crippen LogP contribution is 2.28. The summed E-state index contributed by atoms with van der Waals surface area (Å²) in [5.74, 6) is -0.218. The SMILES string of the molecule is Cc1ccc(Cc2nn(C)c3cc(CN4C(=O)c5ccc(Cl)cc5CC(=O)[C@H]4Cc4ccccn4)ccc23)nc1. The molecule has 200 valence electrons. The van der Waals surface area contributed by atoms with Crippen LogP contribution in [0.1, 0.15) is 44.1 Å². The highest BCUT2D eigenvalue weighted by atomic mass is 35.5. The van der Waals surface area contributed by atoms with Crippen LogP contribution in [0.3, 0.4) is 0 Å². The Labute approximate surface area is 237 Å². The maximum atomic E-state index is 13.9. The Morgan fingerprint density at radius 2 is 1.85 bits per heavy atom. The molecule has 3 aromatic heterocycles. The van der Waals surface area contributed by atoms with Crippen LogP contribution in [-0.2, 0) is 37.6 Å². The van der Waals surface area contributed by atoms with Gasteiger partial charge in [0.25, 0.3) is 5.91 Å². The van der Waals surface area contributed by atoms with Gasteiger partial charge in [-0.2, -0.15) is 5.10 Å². The van der Waals surface area contributed by atoms with Gasteiger partial charge in [0.15, 0.2) is 5.78 Å². The number of amides is 1. The van der Waals surface area contributed by atoms with Crippen molar-refractivity contribution in [3.63, 3.8) is 0 Å². The summed E-state index contributed by atoms with van der Waals surface area (Å²) in [6.07, 6.45) is 4.69. The molecule has 2 aromatic carbocycles. The zero-order chi connectivity index (χ0) is 27.8. The molecule has 6 rings (SSSR count). The minimum atomic E-state index is -0.654. The first-order valence-corrected chi connectivity index (χ1v) is 13.6. The second-order valence-electron chi connectivity index (χ2n) is 10.3. The average Bonchev–Trinajstić information content (AvgIpc) is 3.21.